The zero-order chi connectivity index (χ0) is 31.9. The van der Waals surface area contributed by atoms with Crippen LogP contribution < -0.4 is 11.5 Å². The van der Waals surface area contributed by atoms with Crippen molar-refractivity contribution >= 4 is 61.0 Å². The molecule has 0 bridgehead atoms. The number of guanidine groups is 1. The quantitative estimate of drug-likeness (QED) is 0.272. The highest BCUT2D eigenvalue weighted by atomic mass is 32.2. The zero-order valence-electron chi connectivity index (χ0n) is 24.9. The number of carbonyl (C=O) groups is 2. The maximum Gasteiger partial charge on any atom is 0.338 e. The number of esters is 1. The van der Waals surface area contributed by atoms with Crippen LogP contribution in [0.15, 0.2) is 48.9 Å². The Morgan fingerprint density at radius 3 is 2.12 bits per heavy atom. The van der Waals surface area contributed by atoms with Crippen molar-refractivity contribution in [2.45, 2.75) is 80.1 Å². The van der Waals surface area contributed by atoms with Gasteiger partial charge >= 0.3 is 5.97 Å². The van der Waals surface area contributed by atoms with Crippen LogP contribution >= 0.6 is 23.5 Å². The van der Waals surface area contributed by atoms with Gasteiger partial charge in [0.2, 0.25) is 0 Å². The van der Waals surface area contributed by atoms with Gasteiger partial charge in [0.05, 0.1) is 37.4 Å². The maximum absolute atomic E-state index is 12.6. The average molecular weight is 658 g/mol. The molecule has 14 heteroatoms. The zero-order valence-corrected chi connectivity index (χ0v) is 28.2. The van der Waals surface area contributed by atoms with Gasteiger partial charge in [0.15, 0.2) is 25.6 Å². The van der Waals surface area contributed by atoms with Crippen molar-refractivity contribution in [2.75, 3.05) is 18.6 Å². The molecular formula is C28H39N3O7S4. The summed E-state index contributed by atoms with van der Waals surface area (Å²) in [6.07, 6.45) is 4.67. The van der Waals surface area contributed by atoms with Gasteiger partial charge in [-0.2, -0.15) is 4.99 Å². The van der Waals surface area contributed by atoms with Gasteiger partial charge in [-0.05, 0) is 70.7 Å². The molecule has 3 aliphatic rings. The number of aliphatic imine (C=N–C) groups is 1. The van der Waals surface area contributed by atoms with E-state index in [0.29, 0.717) is 41.2 Å². The smallest absolute Gasteiger partial charge is 0.338 e. The number of allylic oxidation sites excluding steroid dienone is 2. The predicted octanol–water partition coefficient (Wildman–Crippen LogP) is 3.99. The lowest BCUT2D eigenvalue weighted by molar-refractivity contribution is -0.125. The fourth-order valence-corrected chi connectivity index (χ4v) is 11.7. The Hall–Kier alpha value is -2.29. The molecule has 2 heterocycles. The monoisotopic (exact) mass is 657 g/mol. The Kier molecular flexibility index (Phi) is 9.78. The van der Waals surface area contributed by atoms with Gasteiger partial charge in [-0.15, -0.1) is 23.5 Å². The highest BCUT2D eigenvalue weighted by Crippen LogP contribution is 2.50. The molecule has 4 N–H and O–H groups in total. The molecule has 232 valence electrons. The minimum absolute atomic E-state index is 0.247. The van der Waals surface area contributed by atoms with Crippen molar-refractivity contribution in [1.29, 1.82) is 0 Å². The highest BCUT2D eigenvalue weighted by molar-refractivity contribution is 8.07. The van der Waals surface area contributed by atoms with Gasteiger partial charge in [-0.1, -0.05) is 19.9 Å². The summed E-state index contributed by atoms with van der Waals surface area (Å²) in [5.74, 6) is -0.216. The van der Waals surface area contributed by atoms with Gasteiger partial charge in [-0.25, -0.2) is 21.6 Å². The number of methoxy groups -OCH3 is 1. The summed E-state index contributed by atoms with van der Waals surface area (Å²) in [7, 11) is -5.53. The fourth-order valence-electron chi connectivity index (χ4n) is 4.67. The number of amides is 1. The van der Waals surface area contributed by atoms with Crippen LogP contribution in [0, 0.1) is 5.41 Å². The van der Waals surface area contributed by atoms with Crippen LogP contribution in [0.25, 0.3) is 0 Å². The number of ether oxygens (including phenoxy) is 1. The molecule has 10 nitrogen and oxygen atoms in total. The number of carbonyl (C=O) groups excluding carboxylic acids is 2. The summed E-state index contributed by atoms with van der Waals surface area (Å²) in [4.78, 5) is 29.9. The van der Waals surface area contributed by atoms with Crippen LogP contribution in [0.5, 0.6) is 0 Å². The SMILES string of the molecule is CCC1(C(=O)N=C(N)N)C=CC2=C(C1)SCC(C)(C)S2(=O)=O.CCc1cc2c(cc1C(=O)OC)S(=O)(=O)C(C)(C)CS2. The molecule has 0 saturated heterocycles. The van der Waals surface area contributed by atoms with Crippen LogP contribution in [0.1, 0.15) is 70.3 Å². The Bertz CT molecular complexity index is 1600. The molecule has 0 aromatic heterocycles. The summed E-state index contributed by atoms with van der Waals surface area (Å²) >= 11 is 3.02. The van der Waals surface area contributed by atoms with Crippen molar-refractivity contribution in [3.8, 4) is 0 Å². The molecule has 0 spiro atoms. The second-order valence-electron chi connectivity index (χ2n) is 11.6. The predicted molar refractivity (Wildman–Crippen MR) is 169 cm³/mol. The first-order valence-electron chi connectivity index (χ1n) is 13.4. The van der Waals surface area contributed by atoms with Crippen LogP contribution in [-0.4, -0.2) is 62.8 Å². The number of thioether (sulfide) groups is 2. The number of nitrogens with two attached hydrogens (primary N) is 2. The summed E-state index contributed by atoms with van der Waals surface area (Å²) in [5.41, 5.74) is 10.9. The minimum atomic E-state index is -3.44. The van der Waals surface area contributed by atoms with Crippen LogP contribution in [0.4, 0.5) is 0 Å². The minimum Gasteiger partial charge on any atom is -0.465 e. The third kappa shape index (κ3) is 6.04. The highest BCUT2D eigenvalue weighted by Gasteiger charge is 2.47. The number of sulfone groups is 2. The third-order valence-corrected chi connectivity index (χ3v) is 16.5. The summed E-state index contributed by atoms with van der Waals surface area (Å²) in [6.45, 7) is 10.7. The molecule has 0 saturated carbocycles. The third-order valence-electron chi connectivity index (χ3n) is 7.75. The number of rotatable bonds is 4. The van der Waals surface area contributed by atoms with Crippen LogP contribution in [0.2, 0.25) is 0 Å². The van der Waals surface area contributed by atoms with Crippen LogP contribution in [-0.2, 0) is 35.6 Å². The Morgan fingerprint density at radius 2 is 1.57 bits per heavy atom. The number of benzene rings is 1. The molecule has 2 aliphatic heterocycles. The summed E-state index contributed by atoms with van der Waals surface area (Å²) in [5, 5.41) is 0. The number of fused-ring (bicyclic) bond motifs is 1. The van der Waals surface area contributed by atoms with E-state index in [4.69, 9.17) is 16.2 Å². The molecule has 0 radical (unpaired) electrons. The normalized spacial score (nSPS) is 24.3. The van der Waals surface area contributed by atoms with E-state index in [1.54, 1.807) is 45.9 Å². The maximum atomic E-state index is 12.6. The Labute approximate surface area is 257 Å². The summed E-state index contributed by atoms with van der Waals surface area (Å²) < 4.78 is 53.6. The number of aryl methyl sites for hydroxylation is 1. The molecule has 1 atom stereocenters. The van der Waals surface area contributed by atoms with E-state index in [2.05, 4.69) is 4.99 Å². The molecule has 4 rings (SSSR count). The molecular weight excluding hydrogens is 619 g/mol. The second-order valence-corrected chi connectivity index (χ2v) is 18.7. The lowest BCUT2D eigenvalue weighted by atomic mass is 9.78. The van der Waals surface area contributed by atoms with Crippen molar-refractivity contribution in [3.05, 3.63) is 45.2 Å². The van der Waals surface area contributed by atoms with Crippen molar-refractivity contribution in [2.24, 2.45) is 21.9 Å². The molecule has 1 unspecified atom stereocenters. The van der Waals surface area contributed by atoms with Gasteiger partial charge in [0.1, 0.15) is 0 Å². The number of nitrogens with zero attached hydrogens (tertiary/aromatic N) is 1. The van der Waals surface area contributed by atoms with Crippen LogP contribution in [0.3, 0.4) is 0 Å². The largest absolute Gasteiger partial charge is 0.465 e. The molecule has 42 heavy (non-hydrogen) atoms. The Balaban J connectivity index is 0.000000231. The van der Waals surface area contributed by atoms with E-state index in [1.165, 1.54) is 36.7 Å². The first-order valence-corrected chi connectivity index (χ1v) is 18.3. The van der Waals surface area contributed by atoms with E-state index >= 15 is 0 Å². The van der Waals surface area contributed by atoms with E-state index in [-0.39, 0.29) is 10.9 Å². The van der Waals surface area contributed by atoms with Gasteiger partial charge in [-0.3, -0.25) is 4.79 Å². The second kappa shape index (κ2) is 12.0. The van der Waals surface area contributed by atoms with E-state index in [9.17, 15) is 26.4 Å². The molecule has 1 aromatic carbocycles. The summed E-state index contributed by atoms with van der Waals surface area (Å²) in [6, 6.07) is 3.28. The molecule has 1 aliphatic carbocycles. The van der Waals surface area contributed by atoms with E-state index < -0.39 is 46.5 Å². The Morgan fingerprint density at radius 1 is 0.976 bits per heavy atom. The van der Waals surface area contributed by atoms with Crippen molar-refractivity contribution < 1.29 is 31.2 Å². The van der Waals surface area contributed by atoms with E-state index in [0.717, 1.165) is 15.4 Å². The lowest BCUT2D eigenvalue weighted by Gasteiger charge is -2.37. The lowest BCUT2D eigenvalue weighted by Crippen LogP contribution is -2.41. The van der Waals surface area contributed by atoms with Gasteiger partial charge in [0.25, 0.3) is 5.91 Å². The molecule has 0 fully saturated rings. The van der Waals surface area contributed by atoms with Crippen molar-refractivity contribution in [1.82, 2.24) is 0 Å². The number of hydrogen-bond acceptors (Lipinski definition) is 9. The standard InChI is InChI=1S/C14H21N3O3S2.C14H18O4S2/c1-4-14(11(18)17-12(15)16)6-5-10-9(7-14)21-8-13(2,3)22(10,19)20;1-5-9-6-11-12(7-10(9)13(15)18-4)20(16,17)14(2,3)8-19-11/h5-6H,4,7-8H2,1-3H3,(H4,15,16,17,18);6-7H,5,8H2,1-4H3. The molecule has 1 amide bonds. The van der Waals surface area contributed by atoms with Gasteiger partial charge in [0, 0.05) is 21.3 Å². The van der Waals surface area contributed by atoms with Crippen molar-refractivity contribution in [3.63, 3.8) is 0 Å². The average Bonchev–Trinajstić information content (AvgIpc) is 2.92. The van der Waals surface area contributed by atoms with E-state index in [1.807, 2.05) is 13.8 Å². The first-order chi connectivity index (χ1) is 19.3. The molecule has 1 aromatic rings. The van der Waals surface area contributed by atoms with Gasteiger partial charge < -0.3 is 16.2 Å². The first kappa shape index (κ1) is 34.2. The fraction of sp³-hybridized carbons (Fsp3) is 0.536. The number of hydrogen-bond donors (Lipinski definition) is 2. The topological polar surface area (TPSA) is 176 Å².